The van der Waals surface area contributed by atoms with Gasteiger partial charge in [-0.05, 0) is 24.1 Å². The maximum absolute atomic E-state index is 12.9. The second-order valence-corrected chi connectivity index (χ2v) is 4.84. The van der Waals surface area contributed by atoms with Crippen molar-refractivity contribution in [2.24, 2.45) is 0 Å². The molecule has 0 fully saturated rings. The number of rotatable bonds is 6. The highest BCUT2D eigenvalue weighted by atomic mass is 35.5. The molecule has 0 aliphatic rings. The van der Waals surface area contributed by atoms with E-state index in [0.29, 0.717) is 16.5 Å². The Morgan fingerprint density at radius 2 is 2.00 bits per heavy atom. The van der Waals surface area contributed by atoms with Crippen molar-refractivity contribution in [3.8, 4) is 0 Å². The van der Waals surface area contributed by atoms with Gasteiger partial charge in [-0.15, -0.1) is 0 Å². The molecule has 0 spiro atoms. The van der Waals surface area contributed by atoms with Crippen LogP contribution in [-0.2, 0) is 0 Å². The SMILES string of the molecule is CCC(NCC(F)(F)CO)c1ccc(Cl)c(Cl)c1. The Morgan fingerprint density at radius 1 is 1.33 bits per heavy atom. The fourth-order valence-corrected chi connectivity index (χ4v) is 1.86. The maximum Gasteiger partial charge on any atom is 0.282 e. The van der Waals surface area contributed by atoms with E-state index in [2.05, 4.69) is 5.32 Å². The molecule has 1 unspecified atom stereocenters. The van der Waals surface area contributed by atoms with Crippen LogP contribution in [0.3, 0.4) is 0 Å². The van der Waals surface area contributed by atoms with Gasteiger partial charge < -0.3 is 10.4 Å². The predicted molar refractivity (Wildman–Crippen MR) is 69.5 cm³/mol. The predicted octanol–water partition coefficient (Wildman–Crippen LogP) is 3.66. The third kappa shape index (κ3) is 4.35. The van der Waals surface area contributed by atoms with Crippen molar-refractivity contribution in [1.82, 2.24) is 5.32 Å². The Morgan fingerprint density at radius 3 is 2.50 bits per heavy atom. The molecule has 1 aromatic rings. The van der Waals surface area contributed by atoms with Crippen LogP contribution in [0.1, 0.15) is 24.9 Å². The summed E-state index contributed by atoms with van der Waals surface area (Å²) in [5, 5.41) is 12.0. The molecule has 0 aliphatic heterocycles. The van der Waals surface area contributed by atoms with E-state index in [9.17, 15) is 8.78 Å². The Bertz CT molecular complexity index is 402. The zero-order chi connectivity index (χ0) is 13.8. The molecule has 6 heteroatoms. The third-order valence-electron chi connectivity index (χ3n) is 2.59. The van der Waals surface area contributed by atoms with Gasteiger partial charge in [-0.1, -0.05) is 36.2 Å². The average Bonchev–Trinajstić information content (AvgIpc) is 2.34. The van der Waals surface area contributed by atoms with E-state index in [4.69, 9.17) is 28.3 Å². The summed E-state index contributed by atoms with van der Waals surface area (Å²) < 4.78 is 25.9. The summed E-state index contributed by atoms with van der Waals surface area (Å²) in [5.41, 5.74) is 0.792. The van der Waals surface area contributed by atoms with Gasteiger partial charge in [0.25, 0.3) is 5.92 Å². The van der Waals surface area contributed by atoms with E-state index in [-0.39, 0.29) is 6.04 Å². The first-order valence-electron chi connectivity index (χ1n) is 5.56. The van der Waals surface area contributed by atoms with Gasteiger partial charge >= 0.3 is 0 Å². The summed E-state index contributed by atoms with van der Waals surface area (Å²) in [5.74, 6) is -3.12. The van der Waals surface area contributed by atoms with Gasteiger partial charge in [-0.2, -0.15) is 0 Å². The Hall–Kier alpha value is -0.420. The van der Waals surface area contributed by atoms with Gasteiger partial charge in [-0.25, -0.2) is 8.78 Å². The fourth-order valence-electron chi connectivity index (χ4n) is 1.56. The van der Waals surface area contributed by atoms with Gasteiger partial charge in [0.05, 0.1) is 16.6 Å². The number of halogens is 4. The van der Waals surface area contributed by atoms with E-state index >= 15 is 0 Å². The largest absolute Gasteiger partial charge is 0.390 e. The van der Waals surface area contributed by atoms with Gasteiger partial charge in [-0.3, -0.25) is 0 Å². The molecule has 1 aromatic carbocycles. The second-order valence-electron chi connectivity index (χ2n) is 4.03. The van der Waals surface area contributed by atoms with Crippen LogP contribution in [0.4, 0.5) is 8.78 Å². The lowest BCUT2D eigenvalue weighted by Gasteiger charge is -2.21. The van der Waals surface area contributed by atoms with Crippen molar-refractivity contribution in [1.29, 1.82) is 0 Å². The number of hydrogen-bond donors (Lipinski definition) is 2. The minimum atomic E-state index is -3.12. The van der Waals surface area contributed by atoms with Crippen molar-refractivity contribution in [3.05, 3.63) is 33.8 Å². The maximum atomic E-state index is 12.9. The summed E-state index contributed by atoms with van der Waals surface area (Å²) in [7, 11) is 0. The van der Waals surface area contributed by atoms with E-state index in [1.165, 1.54) is 0 Å². The molecule has 2 N–H and O–H groups in total. The van der Waals surface area contributed by atoms with Crippen molar-refractivity contribution in [2.45, 2.75) is 25.3 Å². The first-order chi connectivity index (χ1) is 8.39. The standard InChI is InChI=1S/C12H15Cl2F2NO/c1-2-11(17-6-12(15,16)7-18)8-3-4-9(13)10(14)5-8/h3-5,11,17-18H,2,6-7H2,1H3. The normalized spacial score (nSPS) is 13.7. The monoisotopic (exact) mass is 297 g/mol. The average molecular weight is 298 g/mol. The highest BCUT2D eigenvalue weighted by Gasteiger charge is 2.28. The summed E-state index contributed by atoms with van der Waals surface area (Å²) in [6, 6.07) is 4.78. The number of alkyl halides is 2. The highest BCUT2D eigenvalue weighted by molar-refractivity contribution is 6.42. The molecule has 1 rings (SSSR count). The molecule has 0 heterocycles. The van der Waals surface area contributed by atoms with Gasteiger partial charge in [0.15, 0.2) is 0 Å². The molecular formula is C12H15Cl2F2NO. The summed E-state index contributed by atoms with van der Waals surface area (Å²) >= 11 is 11.7. The molecular weight excluding hydrogens is 283 g/mol. The van der Waals surface area contributed by atoms with Crippen molar-refractivity contribution >= 4 is 23.2 Å². The van der Waals surface area contributed by atoms with Crippen LogP contribution in [0, 0.1) is 0 Å². The van der Waals surface area contributed by atoms with E-state index in [0.717, 1.165) is 5.56 Å². The van der Waals surface area contributed by atoms with Crippen molar-refractivity contribution < 1.29 is 13.9 Å². The van der Waals surface area contributed by atoms with Crippen molar-refractivity contribution in [3.63, 3.8) is 0 Å². The zero-order valence-corrected chi connectivity index (χ0v) is 11.4. The van der Waals surface area contributed by atoms with Gasteiger partial charge in [0.2, 0.25) is 0 Å². The quantitative estimate of drug-likeness (QED) is 0.840. The summed E-state index contributed by atoms with van der Waals surface area (Å²) in [6.45, 7) is 0.122. The summed E-state index contributed by atoms with van der Waals surface area (Å²) in [6.07, 6.45) is 0.624. The molecule has 1 atom stereocenters. The van der Waals surface area contributed by atoms with E-state index in [1.54, 1.807) is 18.2 Å². The fraction of sp³-hybridized carbons (Fsp3) is 0.500. The van der Waals surface area contributed by atoms with E-state index in [1.807, 2.05) is 6.92 Å². The molecule has 0 radical (unpaired) electrons. The number of benzene rings is 1. The zero-order valence-electron chi connectivity index (χ0n) is 9.89. The molecule has 0 amide bonds. The van der Waals surface area contributed by atoms with Crippen molar-refractivity contribution in [2.75, 3.05) is 13.2 Å². The molecule has 2 nitrogen and oxygen atoms in total. The number of aliphatic hydroxyl groups excluding tert-OH is 1. The second kappa shape index (κ2) is 6.66. The minimum absolute atomic E-state index is 0.253. The molecule has 0 saturated heterocycles. The smallest absolute Gasteiger partial charge is 0.282 e. The lowest BCUT2D eigenvalue weighted by atomic mass is 10.0. The number of hydrogen-bond acceptors (Lipinski definition) is 2. The highest BCUT2D eigenvalue weighted by Crippen LogP contribution is 2.27. The number of nitrogens with one attached hydrogen (secondary N) is 1. The topological polar surface area (TPSA) is 32.3 Å². The lowest BCUT2D eigenvalue weighted by Crippen LogP contribution is -2.37. The van der Waals surface area contributed by atoms with Crippen LogP contribution < -0.4 is 5.32 Å². The molecule has 0 aromatic heterocycles. The van der Waals surface area contributed by atoms with Crippen LogP contribution in [0.2, 0.25) is 10.0 Å². The van der Waals surface area contributed by atoms with E-state index < -0.39 is 19.1 Å². The first-order valence-corrected chi connectivity index (χ1v) is 6.32. The van der Waals surface area contributed by atoms with Crippen LogP contribution in [0.25, 0.3) is 0 Å². The molecule has 0 bridgehead atoms. The molecule has 0 aliphatic carbocycles. The van der Waals surface area contributed by atoms with Gasteiger partial charge in [0, 0.05) is 6.04 Å². The molecule has 18 heavy (non-hydrogen) atoms. The molecule has 102 valence electrons. The van der Waals surface area contributed by atoms with Crippen LogP contribution in [-0.4, -0.2) is 24.2 Å². The Kier molecular flexibility index (Phi) is 5.79. The first kappa shape index (κ1) is 15.6. The van der Waals surface area contributed by atoms with Crippen LogP contribution in [0.15, 0.2) is 18.2 Å². The van der Waals surface area contributed by atoms with Crippen LogP contribution >= 0.6 is 23.2 Å². The summed E-state index contributed by atoms with van der Waals surface area (Å²) in [4.78, 5) is 0. The lowest BCUT2D eigenvalue weighted by molar-refractivity contribution is -0.0494. The third-order valence-corrected chi connectivity index (χ3v) is 3.33. The molecule has 0 saturated carbocycles. The van der Waals surface area contributed by atoms with Crippen LogP contribution in [0.5, 0.6) is 0 Å². The van der Waals surface area contributed by atoms with Gasteiger partial charge in [0.1, 0.15) is 6.61 Å². The number of aliphatic hydroxyl groups is 1. The minimum Gasteiger partial charge on any atom is -0.390 e. The Balaban J connectivity index is 2.74. The Labute approximate surface area is 115 Å².